The normalized spacial score (nSPS) is 15.5. The number of primary amides is 1. The highest BCUT2D eigenvalue weighted by molar-refractivity contribution is 7.85. The molecule has 1 aliphatic rings. The van der Waals surface area contributed by atoms with Gasteiger partial charge >= 0.3 is 0 Å². The minimum absolute atomic E-state index is 0.0568. The first-order chi connectivity index (χ1) is 13.0. The zero-order valence-electron chi connectivity index (χ0n) is 14.4. The number of ether oxygens (including phenoxy) is 1. The summed E-state index contributed by atoms with van der Waals surface area (Å²) >= 11 is 0. The molecule has 2 heterocycles. The third-order valence-electron chi connectivity index (χ3n) is 4.44. The third kappa shape index (κ3) is 2.85. The fourth-order valence-corrected chi connectivity index (χ4v) is 4.43. The number of aryl methyl sites for hydroxylation is 1. The molecule has 1 amide bonds. The molecule has 1 aliphatic heterocycles. The predicted octanol–water partition coefficient (Wildman–Crippen LogP) is 1.41. The van der Waals surface area contributed by atoms with E-state index in [2.05, 4.69) is 10.2 Å². The van der Waals surface area contributed by atoms with E-state index in [1.54, 1.807) is 37.4 Å². The highest BCUT2D eigenvalue weighted by Crippen LogP contribution is 2.36. The molecule has 3 aromatic rings. The van der Waals surface area contributed by atoms with E-state index in [0.717, 1.165) is 5.56 Å². The van der Waals surface area contributed by atoms with Crippen LogP contribution in [0, 0.1) is 0 Å². The molecule has 0 fully saturated rings. The Bertz CT molecular complexity index is 1080. The lowest BCUT2D eigenvalue weighted by atomic mass is 10.1. The van der Waals surface area contributed by atoms with Crippen molar-refractivity contribution in [3.63, 3.8) is 0 Å². The zero-order chi connectivity index (χ0) is 19.1. The van der Waals surface area contributed by atoms with E-state index in [1.165, 1.54) is 10.6 Å². The van der Waals surface area contributed by atoms with Gasteiger partial charge in [0.05, 0.1) is 23.5 Å². The first-order valence-corrected chi connectivity index (χ1v) is 9.45. The zero-order valence-corrected chi connectivity index (χ0v) is 15.2. The number of amides is 1. The Kier molecular flexibility index (Phi) is 4.15. The van der Waals surface area contributed by atoms with Gasteiger partial charge in [-0.15, -0.1) is 10.2 Å². The average molecular weight is 384 g/mol. The fraction of sp³-hybridized carbons (Fsp3) is 0.167. The van der Waals surface area contributed by atoms with Gasteiger partial charge in [-0.3, -0.25) is 13.6 Å². The van der Waals surface area contributed by atoms with E-state index < -0.39 is 16.7 Å². The molecule has 9 heteroatoms. The van der Waals surface area contributed by atoms with Crippen molar-refractivity contribution >= 4 is 16.7 Å². The van der Waals surface area contributed by atoms with Crippen LogP contribution in [0.15, 0.2) is 41.3 Å². The lowest BCUT2D eigenvalue weighted by Crippen LogP contribution is -2.17. The van der Waals surface area contributed by atoms with Gasteiger partial charge in [0.25, 0.3) is 5.91 Å². The molecule has 0 saturated heterocycles. The van der Waals surface area contributed by atoms with Crippen LogP contribution in [-0.4, -0.2) is 42.8 Å². The smallest absolute Gasteiger partial charge is 0.287 e. The molecule has 138 valence electrons. The van der Waals surface area contributed by atoms with Crippen molar-refractivity contribution in [3.05, 3.63) is 47.8 Å². The van der Waals surface area contributed by atoms with Crippen molar-refractivity contribution < 1.29 is 18.8 Å². The van der Waals surface area contributed by atoms with Gasteiger partial charge in [0.1, 0.15) is 11.5 Å². The van der Waals surface area contributed by atoms with E-state index in [-0.39, 0.29) is 17.4 Å². The fourth-order valence-electron chi connectivity index (χ4n) is 3.11. The largest absolute Gasteiger partial charge is 0.507 e. The second-order valence-corrected chi connectivity index (χ2v) is 7.56. The molecule has 27 heavy (non-hydrogen) atoms. The van der Waals surface area contributed by atoms with E-state index in [9.17, 15) is 14.1 Å². The molecule has 4 rings (SSSR count). The number of nitrogens with zero attached hydrogens (tertiary/aromatic N) is 3. The standard InChI is InChI=1S/C18H16N4O4S/c1-26-12-4-2-11(3-5-12)22-17(20-21-18(22)16(19)24)13-8-10-6-7-27(25)15(10)9-14(13)23/h2-5,8-9,23H,6-7H2,1H3,(H2,19,24). The number of hydrogen-bond donors (Lipinski definition) is 2. The Morgan fingerprint density at radius 1 is 1.26 bits per heavy atom. The monoisotopic (exact) mass is 384 g/mol. The molecule has 2 aromatic carbocycles. The topological polar surface area (TPSA) is 120 Å². The molecule has 0 aliphatic carbocycles. The van der Waals surface area contributed by atoms with Gasteiger partial charge in [-0.2, -0.15) is 0 Å². The van der Waals surface area contributed by atoms with E-state index >= 15 is 0 Å². The number of fused-ring (bicyclic) bond motifs is 1. The van der Waals surface area contributed by atoms with Crippen LogP contribution in [0.3, 0.4) is 0 Å². The SMILES string of the molecule is COc1ccc(-n2c(C(N)=O)nnc2-c2cc3c(cc2O)S(=O)CC3)cc1. The summed E-state index contributed by atoms with van der Waals surface area (Å²) in [6.45, 7) is 0. The van der Waals surface area contributed by atoms with Gasteiger partial charge < -0.3 is 15.6 Å². The molecule has 0 saturated carbocycles. The minimum Gasteiger partial charge on any atom is -0.507 e. The van der Waals surface area contributed by atoms with Gasteiger partial charge in [0.2, 0.25) is 5.82 Å². The molecule has 1 atom stereocenters. The first kappa shape index (κ1) is 17.2. The maximum absolute atomic E-state index is 12.0. The summed E-state index contributed by atoms with van der Waals surface area (Å²) in [7, 11) is 0.445. The van der Waals surface area contributed by atoms with E-state index in [4.69, 9.17) is 10.5 Å². The van der Waals surface area contributed by atoms with Crippen molar-refractivity contribution in [2.75, 3.05) is 12.9 Å². The Morgan fingerprint density at radius 2 is 2.00 bits per heavy atom. The van der Waals surface area contributed by atoms with Crippen LogP contribution in [0.4, 0.5) is 0 Å². The van der Waals surface area contributed by atoms with Crippen molar-refractivity contribution in [2.24, 2.45) is 5.73 Å². The number of methoxy groups -OCH3 is 1. The van der Waals surface area contributed by atoms with Gasteiger partial charge in [-0.1, -0.05) is 0 Å². The molecule has 1 unspecified atom stereocenters. The highest BCUT2D eigenvalue weighted by atomic mass is 32.2. The van der Waals surface area contributed by atoms with Crippen molar-refractivity contribution in [2.45, 2.75) is 11.3 Å². The lowest BCUT2D eigenvalue weighted by Gasteiger charge is -2.12. The second kappa shape index (κ2) is 6.51. The molecule has 3 N–H and O–H groups in total. The van der Waals surface area contributed by atoms with Crippen molar-refractivity contribution in [1.29, 1.82) is 0 Å². The summed E-state index contributed by atoms with van der Waals surface area (Å²) < 4.78 is 18.6. The number of rotatable bonds is 4. The summed E-state index contributed by atoms with van der Waals surface area (Å²) in [5.41, 5.74) is 7.32. The van der Waals surface area contributed by atoms with Crippen LogP contribution in [0.25, 0.3) is 17.1 Å². The third-order valence-corrected chi connectivity index (χ3v) is 5.88. The number of benzene rings is 2. The summed E-state index contributed by atoms with van der Waals surface area (Å²) in [5, 5.41) is 18.5. The maximum atomic E-state index is 12.0. The molecule has 0 radical (unpaired) electrons. The summed E-state index contributed by atoms with van der Waals surface area (Å²) in [6, 6.07) is 10.2. The number of aromatic hydroxyl groups is 1. The number of nitrogens with two attached hydrogens (primary N) is 1. The Labute approximate surface area is 157 Å². The van der Waals surface area contributed by atoms with E-state index in [0.29, 0.717) is 34.1 Å². The second-order valence-electron chi connectivity index (χ2n) is 6.02. The van der Waals surface area contributed by atoms with Gasteiger partial charge in [0.15, 0.2) is 5.82 Å². The number of hydrogen-bond acceptors (Lipinski definition) is 6. The molecule has 1 aromatic heterocycles. The molecular weight excluding hydrogens is 368 g/mol. The summed E-state index contributed by atoms with van der Waals surface area (Å²) in [4.78, 5) is 12.5. The minimum atomic E-state index is -1.11. The molecule has 0 spiro atoms. The van der Waals surface area contributed by atoms with Crippen LogP contribution >= 0.6 is 0 Å². The van der Waals surface area contributed by atoms with Gasteiger partial charge in [-0.25, -0.2) is 0 Å². The number of carbonyl (C=O) groups excluding carboxylic acids is 1. The van der Waals surface area contributed by atoms with Crippen LogP contribution < -0.4 is 10.5 Å². The van der Waals surface area contributed by atoms with E-state index in [1.807, 2.05) is 0 Å². The summed E-state index contributed by atoms with van der Waals surface area (Å²) in [5.74, 6) is 0.562. The maximum Gasteiger partial charge on any atom is 0.287 e. The number of phenolic OH excluding ortho intramolecular Hbond substituents is 1. The average Bonchev–Trinajstić information content (AvgIpc) is 3.25. The molecular formula is C18H16N4O4S. The Balaban J connectivity index is 1.92. The number of phenols is 1. The quantitative estimate of drug-likeness (QED) is 0.702. The van der Waals surface area contributed by atoms with Crippen molar-refractivity contribution in [1.82, 2.24) is 14.8 Å². The van der Waals surface area contributed by atoms with Crippen LogP contribution in [0.5, 0.6) is 11.5 Å². The lowest BCUT2D eigenvalue weighted by molar-refractivity contribution is 0.0988. The van der Waals surface area contributed by atoms with Crippen molar-refractivity contribution in [3.8, 4) is 28.6 Å². The molecule has 8 nitrogen and oxygen atoms in total. The Hall–Kier alpha value is -3.20. The Morgan fingerprint density at radius 3 is 2.67 bits per heavy atom. The summed E-state index contributed by atoms with van der Waals surface area (Å²) in [6.07, 6.45) is 0.647. The first-order valence-electron chi connectivity index (χ1n) is 8.14. The van der Waals surface area contributed by atoms with Crippen LogP contribution in [-0.2, 0) is 17.2 Å². The van der Waals surface area contributed by atoms with Gasteiger partial charge in [-0.05, 0) is 48.4 Å². The number of aromatic nitrogens is 3. The van der Waals surface area contributed by atoms with Crippen LogP contribution in [0.1, 0.15) is 16.2 Å². The predicted molar refractivity (Wildman–Crippen MR) is 98.5 cm³/mol. The molecule has 0 bridgehead atoms. The highest BCUT2D eigenvalue weighted by Gasteiger charge is 2.25. The van der Waals surface area contributed by atoms with Gasteiger partial charge in [0, 0.05) is 16.3 Å². The number of carbonyl (C=O) groups is 1. The van der Waals surface area contributed by atoms with Crippen LogP contribution in [0.2, 0.25) is 0 Å².